The standard InChI is InChI=1S/C16H22N6O2/c23-16(2-1-5-22-13-18-12-20-22)21-6-7-24-10-14(9-21)8-15-3-4-17-11-19-15/h3-4,11-14H,1-2,5-10H2. The molecule has 1 saturated heterocycles. The molecule has 2 aromatic rings. The highest BCUT2D eigenvalue weighted by molar-refractivity contribution is 5.76. The Morgan fingerprint density at radius 3 is 3.08 bits per heavy atom. The van der Waals surface area contributed by atoms with Crippen LogP contribution in [0.1, 0.15) is 18.5 Å². The van der Waals surface area contributed by atoms with E-state index in [1.807, 2.05) is 11.0 Å². The van der Waals surface area contributed by atoms with Crippen LogP contribution < -0.4 is 0 Å². The van der Waals surface area contributed by atoms with Crippen molar-refractivity contribution < 1.29 is 9.53 Å². The first-order valence-corrected chi connectivity index (χ1v) is 8.24. The van der Waals surface area contributed by atoms with Gasteiger partial charge in [-0.1, -0.05) is 0 Å². The molecule has 3 rings (SSSR count). The van der Waals surface area contributed by atoms with E-state index in [4.69, 9.17) is 4.74 Å². The normalized spacial score (nSPS) is 18.3. The van der Waals surface area contributed by atoms with Crippen molar-refractivity contribution in [2.45, 2.75) is 25.8 Å². The third kappa shape index (κ3) is 4.82. The Morgan fingerprint density at radius 2 is 2.29 bits per heavy atom. The molecule has 1 amide bonds. The number of aryl methyl sites for hydroxylation is 1. The van der Waals surface area contributed by atoms with E-state index in [1.54, 1.807) is 23.5 Å². The topological polar surface area (TPSA) is 86.0 Å². The maximum Gasteiger partial charge on any atom is 0.222 e. The summed E-state index contributed by atoms with van der Waals surface area (Å²) in [5.74, 6) is 0.440. The molecule has 0 aliphatic carbocycles. The molecule has 0 saturated carbocycles. The quantitative estimate of drug-likeness (QED) is 0.769. The minimum absolute atomic E-state index is 0.174. The van der Waals surface area contributed by atoms with Crippen LogP contribution in [0.15, 0.2) is 31.2 Å². The minimum Gasteiger partial charge on any atom is -0.379 e. The summed E-state index contributed by atoms with van der Waals surface area (Å²) < 4.78 is 7.41. The van der Waals surface area contributed by atoms with Crippen LogP contribution in [0.2, 0.25) is 0 Å². The number of nitrogens with zero attached hydrogens (tertiary/aromatic N) is 6. The molecule has 1 fully saturated rings. The Balaban J connectivity index is 1.49. The highest BCUT2D eigenvalue weighted by Gasteiger charge is 2.22. The van der Waals surface area contributed by atoms with Crippen LogP contribution in [-0.2, 0) is 22.5 Å². The number of rotatable bonds is 6. The Bertz CT molecular complexity index is 619. The van der Waals surface area contributed by atoms with Crippen LogP contribution in [0.3, 0.4) is 0 Å². The lowest BCUT2D eigenvalue weighted by molar-refractivity contribution is -0.131. The van der Waals surface area contributed by atoms with Gasteiger partial charge in [0.25, 0.3) is 0 Å². The molecule has 1 aliphatic rings. The largest absolute Gasteiger partial charge is 0.379 e. The molecule has 1 atom stereocenters. The lowest BCUT2D eigenvalue weighted by Gasteiger charge is -2.23. The second-order valence-electron chi connectivity index (χ2n) is 5.95. The van der Waals surface area contributed by atoms with E-state index in [2.05, 4.69) is 20.1 Å². The maximum absolute atomic E-state index is 12.5. The first kappa shape index (κ1) is 16.5. The zero-order valence-electron chi connectivity index (χ0n) is 13.6. The number of aromatic nitrogens is 5. The third-order valence-electron chi connectivity index (χ3n) is 4.08. The zero-order chi connectivity index (χ0) is 16.6. The Morgan fingerprint density at radius 1 is 1.33 bits per heavy atom. The molecule has 0 aromatic carbocycles. The van der Waals surface area contributed by atoms with Crippen molar-refractivity contribution in [1.82, 2.24) is 29.6 Å². The van der Waals surface area contributed by atoms with Crippen LogP contribution in [0.5, 0.6) is 0 Å². The number of carbonyl (C=O) groups excluding carboxylic acids is 1. The molecule has 8 heteroatoms. The van der Waals surface area contributed by atoms with Crippen LogP contribution in [-0.4, -0.2) is 61.8 Å². The van der Waals surface area contributed by atoms with E-state index < -0.39 is 0 Å². The van der Waals surface area contributed by atoms with Gasteiger partial charge in [-0.05, 0) is 18.9 Å². The first-order chi connectivity index (χ1) is 11.8. The Hall–Kier alpha value is -2.35. The van der Waals surface area contributed by atoms with Crippen molar-refractivity contribution in [2.24, 2.45) is 5.92 Å². The molecule has 0 N–H and O–H groups in total. The highest BCUT2D eigenvalue weighted by atomic mass is 16.5. The molecule has 128 valence electrons. The number of ether oxygens (including phenoxy) is 1. The molecule has 0 spiro atoms. The molecule has 1 unspecified atom stereocenters. The van der Waals surface area contributed by atoms with Gasteiger partial charge in [0.05, 0.1) is 13.2 Å². The Labute approximate surface area is 140 Å². The van der Waals surface area contributed by atoms with Gasteiger partial charge in [-0.15, -0.1) is 0 Å². The van der Waals surface area contributed by atoms with Crippen molar-refractivity contribution in [3.63, 3.8) is 0 Å². The van der Waals surface area contributed by atoms with Gasteiger partial charge in [-0.3, -0.25) is 9.48 Å². The molecular formula is C16H22N6O2. The van der Waals surface area contributed by atoms with Crippen LogP contribution in [0.25, 0.3) is 0 Å². The monoisotopic (exact) mass is 330 g/mol. The fourth-order valence-electron chi connectivity index (χ4n) is 2.86. The summed E-state index contributed by atoms with van der Waals surface area (Å²) in [6.07, 6.45) is 8.54. The van der Waals surface area contributed by atoms with Crippen molar-refractivity contribution in [3.05, 3.63) is 36.9 Å². The molecule has 0 radical (unpaired) electrons. The van der Waals surface area contributed by atoms with Crippen molar-refractivity contribution >= 4 is 5.91 Å². The van der Waals surface area contributed by atoms with E-state index in [1.165, 1.54) is 6.33 Å². The fourth-order valence-corrected chi connectivity index (χ4v) is 2.86. The number of hydrogen-bond acceptors (Lipinski definition) is 6. The van der Waals surface area contributed by atoms with E-state index in [-0.39, 0.29) is 11.8 Å². The minimum atomic E-state index is 0.174. The zero-order valence-corrected chi connectivity index (χ0v) is 13.6. The van der Waals surface area contributed by atoms with Crippen molar-refractivity contribution in [2.75, 3.05) is 26.3 Å². The van der Waals surface area contributed by atoms with Gasteiger partial charge >= 0.3 is 0 Å². The van der Waals surface area contributed by atoms with E-state index in [0.29, 0.717) is 39.3 Å². The van der Waals surface area contributed by atoms with Crippen LogP contribution in [0.4, 0.5) is 0 Å². The number of amides is 1. The second kappa shape index (κ2) is 8.49. The summed E-state index contributed by atoms with van der Waals surface area (Å²) in [6.45, 7) is 3.33. The predicted molar refractivity (Wildman–Crippen MR) is 85.9 cm³/mol. The lowest BCUT2D eigenvalue weighted by atomic mass is 10.0. The smallest absolute Gasteiger partial charge is 0.222 e. The van der Waals surface area contributed by atoms with Gasteiger partial charge in [0, 0.05) is 43.9 Å². The van der Waals surface area contributed by atoms with E-state index in [0.717, 1.165) is 18.5 Å². The van der Waals surface area contributed by atoms with Gasteiger partial charge < -0.3 is 9.64 Å². The average Bonchev–Trinajstić information content (AvgIpc) is 3.01. The third-order valence-corrected chi connectivity index (χ3v) is 4.08. The summed E-state index contributed by atoms with van der Waals surface area (Å²) in [4.78, 5) is 26.5. The van der Waals surface area contributed by atoms with Crippen LogP contribution >= 0.6 is 0 Å². The van der Waals surface area contributed by atoms with Crippen molar-refractivity contribution in [3.8, 4) is 0 Å². The van der Waals surface area contributed by atoms with E-state index >= 15 is 0 Å². The summed E-state index contributed by atoms with van der Waals surface area (Å²) in [5.41, 5.74) is 0.985. The molecule has 24 heavy (non-hydrogen) atoms. The Kier molecular flexibility index (Phi) is 5.84. The maximum atomic E-state index is 12.5. The van der Waals surface area contributed by atoms with Gasteiger partial charge in [0.1, 0.15) is 19.0 Å². The predicted octanol–water partition coefficient (Wildman–Crippen LogP) is 0.566. The molecule has 3 heterocycles. The fraction of sp³-hybridized carbons (Fsp3) is 0.562. The van der Waals surface area contributed by atoms with Gasteiger partial charge in [0.15, 0.2) is 0 Å². The lowest BCUT2D eigenvalue weighted by Crippen LogP contribution is -2.36. The summed E-state index contributed by atoms with van der Waals surface area (Å²) in [7, 11) is 0. The van der Waals surface area contributed by atoms with Gasteiger partial charge in [-0.25, -0.2) is 15.0 Å². The molecule has 8 nitrogen and oxygen atoms in total. The number of hydrogen-bond donors (Lipinski definition) is 0. The first-order valence-electron chi connectivity index (χ1n) is 8.24. The SMILES string of the molecule is O=C(CCCn1cncn1)N1CCOCC(Cc2ccncn2)C1. The molecule has 0 bridgehead atoms. The molecule has 1 aliphatic heterocycles. The highest BCUT2D eigenvalue weighted by Crippen LogP contribution is 2.13. The van der Waals surface area contributed by atoms with E-state index in [9.17, 15) is 4.79 Å². The van der Waals surface area contributed by atoms with Crippen LogP contribution in [0, 0.1) is 5.92 Å². The summed E-state index contributed by atoms with van der Waals surface area (Å²) >= 11 is 0. The molecular weight excluding hydrogens is 308 g/mol. The summed E-state index contributed by atoms with van der Waals surface area (Å²) in [6, 6.07) is 1.91. The van der Waals surface area contributed by atoms with Gasteiger partial charge in [0.2, 0.25) is 5.91 Å². The average molecular weight is 330 g/mol. The van der Waals surface area contributed by atoms with Crippen molar-refractivity contribution in [1.29, 1.82) is 0 Å². The second-order valence-corrected chi connectivity index (χ2v) is 5.95. The number of carbonyl (C=O) groups is 1. The molecule has 2 aromatic heterocycles. The van der Waals surface area contributed by atoms with Gasteiger partial charge in [-0.2, -0.15) is 5.10 Å². The summed E-state index contributed by atoms with van der Waals surface area (Å²) in [5, 5.41) is 4.05.